The van der Waals surface area contributed by atoms with E-state index in [1.165, 1.54) is 0 Å². The number of pyridine rings is 2. The summed E-state index contributed by atoms with van der Waals surface area (Å²) in [5.74, 6) is 0. The smallest absolute Gasteiger partial charge is 0.263 e. The summed E-state index contributed by atoms with van der Waals surface area (Å²) in [6.07, 6.45) is 1.80. The van der Waals surface area contributed by atoms with Gasteiger partial charge in [-0.05, 0) is 34.5 Å². The zero-order valence-electron chi connectivity index (χ0n) is 10.9. The second kappa shape index (κ2) is 4.72. The van der Waals surface area contributed by atoms with Gasteiger partial charge in [0.2, 0.25) is 0 Å². The van der Waals surface area contributed by atoms with Crippen molar-refractivity contribution in [1.29, 1.82) is 0 Å². The molecule has 0 unspecified atom stereocenters. The van der Waals surface area contributed by atoms with Gasteiger partial charge < -0.3 is 0 Å². The molecule has 0 N–H and O–H groups in total. The summed E-state index contributed by atoms with van der Waals surface area (Å²) in [6, 6.07) is 15.4. The largest absolute Gasteiger partial charge is 0.281 e. The highest BCUT2D eigenvalue weighted by atomic mass is 35.5. The van der Waals surface area contributed by atoms with Crippen LogP contribution < -0.4 is 5.56 Å². The molecule has 3 aromatic heterocycles. The normalized spacial score (nSPS) is 11.3. The molecule has 4 aromatic rings. The number of aromatic nitrogens is 1. The highest BCUT2D eigenvalue weighted by Gasteiger charge is 2.12. The molecule has 0 atom stereocenters. The van der Waals surface area contributed by atoms with E-state index in [1.54, 1.807) is 28.0 Å². The van der Waals surface area contributed by atoms with Crippen molar-refractivity contribution in [3.63, 3.8) is 0 Å². The van der Waals surface area contributed by atoms with Crippen LogP contribution >= 0.6 is 22.9 Å². The van der Waals surface area contributed by atoms with E-state index in [9.17, 15) is 4.79 Å². The van der Waals surface area contributed by atoms with Crippen LogP contribution in [0.1, 0.15) is 0 Å². The number of hydrogen-bond donors (Lipinski definition) is 0. The van der Waals surface area contributed by atoms with Gasteiger partial charge in [-0.3, -0.25) is 9.20 Å². The Morgan fingerprint density at radius 3 is 2.67 bits per heavy atom. The van der Waals surface area contributed by atoms with Gasteiger partial charge in [0, 0.05) is 11.8 Å². The van der Waals surface area contributed by atoms with Crippen LogP contribution in [0.15, 0.2) is 64.9 Å². The minimum Gasteiger partial charge on any atom is -0.281 e. The molecule has 0 saturated heterocycles. The van der Waals surface area contributed by atoms with Crippen LogP contribution in [-0.2, 0) is 0 Å². The summed E-state index contributed by atoms with van der Waals surface area (Å²) in [4.78, 5) is 12.8. The average Bonchev–Trinajstić information content (AvgIpc) is 2.99. The number of nitrogens with zero attached hydrogens (tertiary/aromatic N) is 1. The van der Waals surface area contributed by atoms with Gasteiger partial charge in [-0.25, -0.2) is 0 Å². The first-order chi connectivity index (χ1) is 10.3. The Labute approximate surface area is 129 Å². The highest BCUT2D eigenvalue weighted by Crippen LogP contribution is 2.31. The lowest BCUT2D eigenvalue weighted by molar-refractivity contribution is 1.11. The van der Waals surface area contributed by atoms with E-state index in [2.05, 4.69) is 0 Å². The molecule has 2 nitrogen and oxygen atoms in total. The molecule has 4 heteroatoms. The van der Waals surface area contributed by atoms with Crippen LogP contribution in [0.4, 0.5) is 0 Å². The van der Waals surface area contributed by atoms with Crippen molar-refractivity contribution in [3.05, 3.63) is 75.5 Å². The maximum absolute atomic E-state index is 12.8. The van der Waals surface area contributed by atoms with Gasteiger partial charge in [0.05, 0.1) is 15.2 Å². The summed E-state index contributed by atoms with van der Waals surface area (Å²) in [5.41, 5.74) is 2.24. The zero-order valence-corrected chi connectivity index (χ0v) is 12.5. The summed E-state index contributed by atoms with van der Waals surface area (Å²) in [5, 5.41) is 3.71. The molecule has 0 saturated carbocycles. The Balaban J connectivity index is 2.16. The van der Waals surface area contributed by atoms with E-state index < -0.39 is 0 Å². The first-order valence-corrected chi connectivity index (χ1v) is 7.78. The van der Waals surface area contributed by atoms with Crippen molar-refractivity contribution in [1.82, 2.24) is 4.40 Å². The Hall–Kier alpha value is -2.10. The number of benzene rings is 1. The lowest BCUT2D eigenvalue weighted by Gasteiger charge is -2.08. The standard InChI is InChI=1S/C17H10ClNOS/c18-14-10-13(11-4-2-1-3-5-11)17(20)19-8-6-12-7-9-21-16(12)15(14)19/h1-10H. The van der Waals surface area contributed by atoms with E-state index >= 15 is 0 Å². The molecule has 4 rings (SSSR count). The SMILES string of the molecule is O=c1c(-c2ccccc2)cc(Cl)c2c3sccc3ccn12. The van der Waals surface area contributed by atoms with Crippen LogP contribution in [0.2, 0.25) is 5.02 Å². The minimum atomic E-state index is -0.0455. The molecule has 3 heterocycles. The molecule has 0 spiro atoms. The van der Waals surface area contributed by atoms with E-state index in [0.717, 1.165) is 21.2 Å². The molecule has 0 radical (unpaired) electrons. The van der Waals surface area contributed by atoms with Gasteiger partial charge in [0.1, 0.15) is 0 Å². The molecule has 102 valence electrons. The lowest BCUT2D eigenvalue weighted by atomic mass is 10.1. The molecule has 0 amide bonds. The maximum Gasteiger partial charge on any atom is 0.263 e. The van der Waals surface area contributed by atoms with Crippen molar-refractivity contribution >= 4 is 38.5 Å². The number of fused-ring (bicyclic) bond motifs is 3. The molecular formula is C17H10ClNOS. The van der Waals surface area contributed by atoms with Crippen LogP contribution in [0.5, 0.6) is 0 Å². The van der Waals surface area contributed by atoms with Crippen LogP contribution in [0, 0.1) is 0 Å². The fraction of sp³-hybridized carbons (Fsp3) is 0. The van der Waals surface area contributed by atoms with Crippen LogP contribution in [-0.4, -0.2) is 4.40 Å². The highest BCUT2D eigenvalue weighted by molar-refractivity contribution is 7.18. The first kappa shape index (κ1) is 12.6. The van der Waals surface area contributed by atoms with E-state index in [0.29, 0.717) is 10.6 Å². The molecule has 0 aliphatic heterocycles. The van der Waals surface area contributed by atoms with Crippen molar-refractivity contribution in [2.45, 2.75) is 0 Å². The third kappa shape index (κ3) is 1.89. The monoisotopic (exact) mass is 311 g/mol. The number of hydrogen-bond acceptors (Lipinski definition) is 2. The van der Waals surface area contributed by atoms with Gasteiger partial charge in [-0.1, -0.05) is 41.9 Å². The topological polar surface area (TPSA) is 21.5 Å². The second-order valence-electron chi connectivity index (χ2n) is 4.82. The van der Waals surface area contributed by atoms with Crippen LogP contribution in [0.25, 0.3) is 26.7 Å². The predicted octanol–water partition coefficient (Wildman–Crippen LogP) is 4.83. The molecule has 21 heavy (non-hydrogen) atoms. The van der Waals surface area contributed by atoms with Crippen molar-refractivity contribution < 1.29 is 0 Å². The van der Waals surface area contributed by atoms with Gasteiger partial charge >= 0.3 is 0 Å². The number of halogens is 1. The maximum atomic E-state index is 12.8. The van der Waals surface area contributed by atoms with Crippen molar-refractivity contribution in [2.24, 2.45) is 0 Å². The summed E-state index contributed by atoms with van der Waals surface area (Å²) in [6.45, 7) is 0. The van der Waals surface area contributed by atoms with Crippen LogP contribution in [0.3, 0.4) is 0 Å². The van der Waals surface area contributed by atoms with Gasteiger partial charge in [-0.15, -0.1) is 11.3 Å². The Kier molecular flexibility index (Phi) is 2.84. The molecule has 0 fully saturated rings. The fourth-order valence-electron chi connectivity index (χ4n) is 2.59. The summed E-state index contributed by atoms with van der Waals surface area (Å²) < 4.78 is 2.68. The second-order valence-corrected chi connectivity index (χ2v) is 6.14. The van der Waals surface area contributed by atoms with Gasteiger partial charge in [-0.2, -0.15) is 0 Å². The first-order valence-electron chi connectivity index (χ1n) is 6.52. The predicted molar refractivity (Wildman–Crippen MR) is 89.5 cm³/mol. The molecule has 0 aliphatic rings. The van der Waals surface area contributed by atoms with E-state index in [1.807, 2.05) is 47.8 Å². The average molecular weight is 312 g/mol. The van der Waals surface area contributed by atoms with E-state index in [-0.39, 0.29) is 5.56 Å². The van der Waals surface area contributed by atoms with Crippen molar-refractivity contribution in [2.75, 3.05) is 0 Å². The summed E-state index contributed by atoms with van der Waals surface area (Å²) in [7, 11) is 0. The fourth-order valence-corrected chi connectivity index (χ4v) is 3.88. The zero-order chi connectivity index (χ0) is 14.4. The minimum absolute atomic E-state index is 0.0455. The Morgan fingerprint density at radius 1 is 1.05 bits per heavy atom. The molecule has 0 bridgehead atoms. The quantitative estimate of drug-likeness (QED) is 0.493. The third-order valence-corrected chi connectivity index (χ3v) is 4.81. The molecule has 1 aromatic carbocycles. The van der Waals surface area contributed by atoms with E-state index in [4.69, 9.17) is 11.6 Å². The number of thiophene rings is 1. The summed E-state index contributed by atoms with van der Waals surface area (Å²) >= 11 is 8.06. The third-order valence-electron chi connectivity index (χ3n) is 3.59. The number of rotatable bonds is 1. The molecule has 0 aliphatic carbocycles. The van der Waals surface area contributed by atoms with Gasteiger partial charge in [0.15, 0.2) is 0 Å². The van der Waals surface area contributed by atoms with Gasteiger partial charge in [0.25, 0.3) is 5.56 Å². The Bertz CT molecular complexity index is 1020. The Morgan fingerprint density at radius 2 is 1.86 bits per heavy atom. The van der Waals surface area contributed by atoms with Crippen molar-refractivity contribution in [3.8, 4) is 11.1 Å². The lowest BCUT2D eigenvalue weighted by Crippen LogP contribution is -2.15. The molecular weight excluding hydrogens is 302 g/mol.